The molecule has 9 heteroatoms. The highest BCUT2D eigenvalue weighted by molar-refractivity contribution is 7.92. The van der Waals surface area contributed by atoms with Crippen LogP contribution in [-0.4, -0.2) is 26.3 Å². The molecule has 0 aliphatic carbocycles. The maximum absolute atomic E-state index is 14.0. The highest BCUT2D eigenvalue weighted by atomic mass is 32.2. The number of nitrogens with zero attached hydrogens (tertiary/aromatic N) is 2. The molecule has 44 heavy (non-hydrogen) atoms. The number of hydrogen-bond acceptors (Lipinski definition) is 6. The highest BCUT2D eigenvalue weighted by Crippen LogP contribution is 2.31. The van der Waals surface area contributed by atoms with E-state index in [-0.39, 0.29) is 5.82 Å². The van der Waals surface area contributed by atoms with Crippen molar-refractivity contribution in [3.8, 4) is 17.2 Å². The van der Waals surface area contributed by atoms with Crippen molar-refractivity contribution in [3.05, 3.63) is 144 Å². The van der Waals surface area contributed by atoms with E-state index in [1.165, 1.54) is 12.1 Å². The summed E-state index contributed by atoms with van der Waals surface area (Å²) in [7, 11) is -3.46. The average Bonchev–Trinajstić information content (AvgIpc) is 2.99. The zero-order valence-electron chi connectivity index (χ0n) is 24.6. The van der Waals surface area contributed by atoms with Gasteiger partial charge in [-0.2, -0.15) is 0 Å². The number of hydrogen-bond donors (Lipinski definition) is 1. The van der Waals surface area contributed by atoms with E-state index in [4.69, 9.17) is 9.47 Å². The summed E-state index contributed by atoms with van der Waals surface area (Å²) in [6, 6.07) is 31.2. The Morgan fingerprint density at radius 3 is 2.27 bits per heavy atom. The highest BCUT2D eigenvalue weighted by Gasteiger charge is 2.16. The second kappa shape index (κ2) is 14.1. The van der Waals surface area contributed by atoms with Crippen molar-refractivity contribution in [3.63, 3.8) is 0 Å². The van der Waals surface area contributed by atoms with Crippen LogP contribution in [0, 0.1) is 12.7 Å². The van der Waals surface area contributed by atoms with Crippen LogP contribution in [0.5, 0.6) is 17.2 Å². The third kappa shape index (κ3) is 8.81. The Morgan fingerprint density at radius 1 is 0.795 bits per heavy atom. The maximum atomic E-state index is 14.0. The number of benzene rings is 4. The van der Waals surface area contributed by atoms with Gasteiger partial charge in [-0.15, -0.1) is 0 Å². The van der Waals surface area contributed by atoms with E-state index in [0.717, 1.165) is 46.4 Å². The summed E-state index contributed by atoms with van der Waals surface area (Å²) >= 11 is 0. The predicted molar refractivity (Wildman–Crippen MR) is 172 cm³/mol. The number of sulfonamides is 1. The third-order valence-corrected chi connectivity index (χ3v) is 7.51. The van der Waals surface area contributed by atoms with Gasteiger partial charge in [0.15, 0.2) is 0 Å². The van der Waals surface area contributed by atoms with Gasteiger partial charge in [-0.1, -0.05) is 42.5 Å². The van der Waals surface area contributed by atoms with Gasteiger partial charge in [0.25, 0.3) is 0 Å². The van der Waals surface area contributed by atoms with Gasteiger partial charge >= 0.3 is 0 Å². The lowest BCUT2D eigenvalue weighted by Gasteiger charge is -2.28. The lowest BCUT2D eigenvalue weighted by molar-refractivity contribution is 0.320. The molecular weight excluding hydrogens is 577 g/mol. The molecular formula is C35H34FN3O4S. The van der Waals surface area contributed by atoms with Gasteiger partial charge in [0.05, 0.1) is 18.6 Å². The molecule has 5 aromatic rings. The van der Waals surface area contributed by atoms with Gasteiger partial charge in [0.1, 0.15) is 23.1 Å². The van der Waals surface area contributed by atoms with E-state index in [1.54, 1.807) is 18.3 Å². The second-order valence-electron chi connectivity index (χ2n) is 10.5. The van der Waals surface area contributed by atoms with Crippen molar-refractivity contribution in [1.29, 1.82) is 0 Å². The van der Waals surface area contributed by atoms with Crippen molar-refractivity contribution >= 4 is 21.4 Å². The first-order chi connectivity index (χ1) is 21.2. The first-order valence-electron chi connectivity index (χ1n) is 14.2. The first-order valence-corrected chi connectivity index (χ1v) is 16.1. The quantitative estimate of drug-likeness (QED) is 0.148. The summed E-state index contributed by atoms with van der Waals surface area (Å²) in [6.45, 7) is 3.32. The smallest absolute Gasteiger partial charge is 0.229 e. The zero-order valence-corrected chi connectivity index (χ0v) is 25.4. The normalized spacial score (nSPS) is 11.2. The van der Waals surface area contributed by atoms with E-state index >= 15 is 0 Å². The summed E-state index contributed by atoms with van der Waals surface area (Å²) in [5.41, 5.74) is 5.03. The van der Waals surface area contributed by atoms with Crippen LogP contribution in [0.2, 0.25) is 0 Å². The van der Waals surface area contributed by atoms with Crippen LogP contribution in [0.3, 0.4) is 0 Å². The van der Waals surface area contributed by atoms with E-state index in [2.05, 4.69) is 14.6 Å². The molecule has 0 amide bonds. The van der Waals surface area contributed by atoms with E-state index in [9.17, 15) is 12.8 Å². The van der Waals surface area contributed by atoms with Crippen LogP contribution in [0.15, 0.2) is 116 Å². The molecule has 7 nitrogen and oxygen atoms in total. The van der Waals surface area contributed by atoms with Crippen molar-refractivity contribution in [2.24, 2.45) is 0 Å². The molecule has 0 aliphatic rings. The Labute approximate surface area is 258 Å². The molecule has 1 N–H and O–H groups in total. The number of nitrogens with one attached hydrogen (secondary N) is 1. The molecule has 0 fully saturated rings. The van der Waals surface area contributed by atoms with E-state index in [1.807, 2.05) is 92.0 Å². The largest absolute Gasteiger partial charge is 0.493 e. The number of ether oxygens (including phenoxy) is 2. The fraction of sp³-hybridized carbons (Fsp3) is 0.171. The zero-order chi connectivity index (χ0) is 30.9. The van der Waals surface area contributed by atoms with Crippen molar-refractivity contribution < 1.29 is 22.3 Å². The van der Waals surface area contributed by atoms with Crippen LogP contribution in [-0.2, 0) is 29.5 Å². The second-order valence-corrected chi connectivity index (χ2v) is 12.2. The minimum Gasteiger partial charge on any atom is -0.493 e. The molecule has 0 radical (unpaired) electrons. The standard InChI is InChI=1S/C35H34FN3O4S/c1-26-34(38-44(2,40)41)12-5-13-35(26)39(25-29-7-3-9-30(36)21-29)24-28-14-16-31(17-15-28)43-33-11-4-10-32(22-33)42-20-18-27-8-6-19-37-23-27/h3-17,19,21-23,38H,18,20,24-25H2,1-2H3. The summed E-state index contributed by atoms with van der Waals surface area (Å²) in [5.74, 6) is 1.75. The molecule has 4 aromatic carbocycles. The fourth-order valence-electron chi connectivity index (χ4n) is 4.84. The minimum absolute atomic E-state index is 0.309. The summed E-state index contributed by atoms with van der Waals surface area (Å²) in [5, 5.41) is 0. The topological polar surface area (TPSA) is 80.8 Å². The third-order valence-electron chi connectivity index (χ3n) is 6.92. The maximum Gasteiger partial charge on any atom is 0.229 e. The molecule has 1 aromatic heterocycles. The SMILES string of the molecule is Cc1c(NS(C)(=O)=O)cccc1N(Cc1ccc(Oc2cccc(OCCc3cccnc3)c2)cc1)Cc1cccc(F)c1. The molecule has 0 atom stereocenters. The number of anilines is 2. The molecule has 1 heterocycles. The van der Waals surface area contributed by atoms with Gasteiger partial charge in [-0.05, 0) is 83.8 Å². The van der Waals surface area contributed by atoms with Crippen molar-refractivity contribution in [2.75, 3.05) is 22.5 Å². The average molecular weight is 612 g/mol. The molecule has 0 aliphatic heterocycles. The first kappa shape index (κ1) is 30.6. The number of aromatic nitrogens is 1. The van der Waals surface area contributed by atoms with E-state index < -0.39 is 10.0 Å². The lowest BCUT2D eigenvalue weighted by Crippen LogP contribution is -2.23. The van der Waals surface area contributed by atoms with Crippen LogP contribution in [0.1, 0.15) is 22.3 Å². The minimum atomic E-state index is -3.46. The molecule has 0 saturated heterocycles. The number of rotatable bonds is 13. The summed E-state index contributed by atoms with van der Waals surface area (Å²) < 4.78 is 52.6. The molecule has 0 saturated carbocycles. The molecule has 0 bridgehead atoms. The monoisotopic (exact) mass is 611 g/mol. The van der Waals surface area contributed by atoms with Gasteiger partial charge in [0.2, 0.25) is 10.0 Å². The Bertz CT molecular complexity index is 1800. The Kier molecular flexibility index (Phi) is 9.76. The van der Waals surface area contributed by atoms with E-state index in [0.29, 0.717) is 36.9 Å². The predicted octanol–water partition coefficient (Wildman–Crippen LogP) is 7.52. The molecule has 0 spiro atoms. The molecule has 5 rings (SSSR count). The summed E-state index contributed by atoms with van der Waals surface area (Å²) in [4.78, 5) is 6.23. The number of halogens is 1. The van der Waals surface area contributed by atoms with Gasteiger partial charge in [-0.3, -0.25) is 9.71 Å². The van der Waals surface area contributed by atoms with Crippen molar-refractivity contribution in [2.45, 2.75) is 26.4 Å². The fourth-order valence-corrected chi connectivity index (χ4v) is 5.46. The van der Waals surface area contributed by atoms with Crippen LogP contribution < -0.4 is 19.1 Å². The Hall–Kier alpha value is -4.89. The molecule has 0 unspecified atom stereocenters. The van der Waals surface area contributed by atoms with Gasteiger partial charge < -0.3 is 14.4 Å². The molecule has 226 valence electrons. The van der Waals surface area contributed by atoms with Crippen LogP contribution >= 0.6 is 0 Å². The summed E-state index contributed by atoms with van der Waals surface area (Å²) in [6.07, 6.45) is 5.47. The van der Waals surface area contributed by atoms with Crippen LogP contribution in [0.4, 0.5) is 15.8 Å². The Morgan fingerprint density at radius 2 is 1.52 bits per heavy atom. The van der Waals surface area contributed by atoms with Gasteiger partial charge in [0, 0.05) is 43.7 Å². The van der Waals surface area contributed by atoms with Crippen molar-refractivity contribution in [1.82, 2.24) is 4.98 Å². The number of pyridine rings is 1. The Balaban J connectivity index is 1.29. The van der Waals surface area contributed by atoms with Gasteiger partial charge in [-0.25, -0.2) is 12.8 Å². The van der Waals surface area contributed by atoms with Crippen LogP contribution in [0.25, 0.3) is 0 Å². The lowest BCUT2D eigenvalue weighted by atomic mass is 10.1.